The summed E-state index contributed by atoms with van der Waals surface area (Å²) in [7, 11) is 4.23. The van der Waals surface area contributed by atoms with E-state index in [0.717, 1.165) is 19.3 Å². The largest absolute Gasteiger partial charge is 0.466 e. The summed E-state index contributed by atoms with van der Waals surface area (Å²) >= 11 is 0. The third kappa shape index (κ3) is 21.4. The van der Waals surface area contributed by atoms with Gasteiger partial charge < -0.3 is 9.64 Å². The van der Waals surface area contributed by atoms with Gasteiger partial charge in [0.25, 0.3) is 0 Å². The Hall–Kier alpha value is -0.570. The number of nitrogens with zero attached hydrogens (tertiary/aromatic N) is 1. The quantitative estimate of drug-likeness (QED) is 0.200. The summed E-state index contributed by atoms with van der Waals surface area (Å²) in [6, 6.07) is 0. The maximum atomic E-state index is 11.7. The number of carbonyl (C=O) groups is 1. The molecule has 0 saturated heterocycles. The van der Waals surface area contributed by atoms with Crippen LogP contribution in [0.1, 0.15) is 110 Å². The summed E-state index contributed by atoms with van der Waals surface area (Å²) in [6.07, 6.45) is 19.7. The second kappa shape index (κ2) is 19.8. The van der Waals surface area contributed by atoms with E-state index < -0.39 is 0 Å². The van der Waals surface area contributed by atoms with E-state index in [1.54, 1.807) is 0 Å². The van der Waals surface area contributed by atoms with Crippen LogP contribution in [-0.4, -0.2) is 38.1 Å². The Bertz CT molecular complexity index is 279. The van der Waals surface area contributed by atoms with E-state index in [1.807, 2.05) is 0 Å². The van der Waals surface area contributed by atoms with Crippen molar-refractivity contribution in [2.75, 3.05) is 27.2 Å². The molecule has 0 aliphatic heterocycles. The van der Waals surface area contributed by atoms with Crippen molar-refractivity contribution in [1.29, 1.82) is 0 Å². The fourth-order valence-electron chi connectivity index (χ4n) is 3.08. The van der Waals surface area contributed by atoms with E-state index in [-0.39, 0.29) is 5.97 Å². The van der Waals surface area contributed by atoms with Gasteiger partial charge in [-0.1, -0.05) is 84.0 Å². The highest BCUT2D eigenvalue weighted by atomic mass is 16.5. The Kier molecular flexibility index (Phi) is 19.3. The first kappa shape index (κ1) is 24.4. The number of esters is 1. The molecular weight excluding hydrogens is 310 g/mol. The molecule has 0 rings (SSSR count). The van der Waals surface area contributed by atoms with E-state index in [1.165, 1.54) is 83.6 Å². The third-order valence-electron chi connectivity index (χ3n) is 4.75. The predicted octanol–water partition coefficient (Wildman–Crippen LogP) is 6.35. The van der Waals surface area contributed by atoms with Gasteiger partial charge in [-0.15, -0.1) is 0 Å². The lowest BCUT2D eigenvalue weighted by Gasteiger charge is -2.08. The van der Waals surface area contributed by atoms with Crippen LogP contribution in [0, 0.1) is 0 Å². The zero-order valence-electron chi connectivity index (χ0n) is 17.5. The van der Waals surface area contributed by atoms with Gasteiger partial charge >= 0.3 is 5.97 Å². The summed E-state index contributed by atoms with van der Waals surface area (Å²) in [5.41, 5.74) is 0. The van der Waals surface area contributed by atoms with Crippen molar-refractivity contribution in [1.82, 2.24) is 4.90 Å². The number of carbonyl (C=O) groups excluding carboxylic acids is 1. The van der Waals surface area contributed by atoms with Crippen LogP contribution in [0.4, 0.5) is 0 Å². The number of hydrogen-bond acceptors (Lipinski definition) is 3. The highest BCUT2D eigenvalue weighted by molar-refractivity contribution is 5.69. The molecule has 0 saturated carbocycles. The monoisotopic (exact) mass is 355 g/mol. The van der Waals surface area contributed by atoms with Gasteiger partial charge in [0.05, 0.1) is 6.61 Å². The van der Waals surface area contributed by atoms with Crippen LogP contribution in [0.3, 0.4) is 0 Å². The lowest BCUT2D eigenvalue weighted by atomic mass is 10.1. The first-order chi connectivity index (χ1) is 12.2. The van der Waals surface area contributed by atoms with Crippen molar-refractivity contribution < 1.29 is 9.53 Å². The SMILES string of the molecule is CCCCCCCCCCCCOC(=O)CCCCCCCN(C)C. The number of unbranched alkanes of at least 4 members (excludes halogenated alkanes) is 13. The van der Waals surface area contributed by atoms with Crippen molar-refractivity contribution >= 4 is 5.97 Å². The molecule has 0 bridgehead atoms. The topological polar surface area (TPSA) is 29.5 Å². The Morgan fingerprint density at radius 2 is 1.16 bits per heavy atom. The molecule has 3 heteroatoms. The summed E-state index contributed by atoms with van der Waals surface area (Å²) in [6.45, 7) is 4.06. The highest BCUT2D eigenvalue weighted by Crippen LogP contribution is 2.11. The van der Waals surface area contributed by atoms with Gasteiger partial charge in [-0.25, -0.2) is 0 Å². The molecule has 0 N–H and O–H groups in total. The predicted molar refractivity (Wildman–Crippen MR) is 109 cm³/mol. The molecule has 0 radical (unpaired) electrons. The summed E-state index contributed by atoms with van der Waals surface area (Å²) in [5.74, 6) is 0.00390. The molecule has 0 heterocycles. The summed E-state index contributed by atoms with van der Waals surface area (Å²) in [5, 5.41) is 0. The van der Waals surface area contributed by atoms with Gasteiger partial charge in [-0.05, 0) is 39.9 Å². The Labute approximate surface area is 157 Å². The average Bonchev–Trinajstić information content (AvgIpc) is 2.58. The maximum absolute atomic E-state index is 11.7. The van der Waals surface area contributed by atoms with Crippen LogP contribution in [0.2, 0.25) is 0 Å². The molecule has 0 aromatic carbocycles. The third-order valence-corrected chi connectivity index (χ3v) is 4.75. The maximum Gasteiger partial charge on any atom is 0.305 e. The molecule has 0 unspecified atom stereocenters. The molecule has 0 atom stereocenters. The van der Waals surface area contributed by atoms with E-state index >= 15 is 0 Å². The van der Waals surface area contributed by atoms with Crippen LogP contribution in [0.5, 0.6) is 0 Å². The molecular formula is C22H45NO2. The van der Waals surface area contributed by atoms with Gasteiger partial charge in [0.1, 0.15) is 0 Å². The molecule has 3 nitrogen and oxygen atoms in total. The molecule has 0 spiro atoms. The fourth-order valence-corrected chi connectivity index (χ4v) is 3.08. The van der Waals surface area contributed by atoms with Crippen LogP contribution < -0.4 is 0 Å². The van der Waals surface area contributed by atoms with Crippen LogP contribution in [-0.2, 0) is 9.53 Å². The summed E-state index contributed by atoms with van der Waals surface area (Å²) in [4.78, 5) is 13.9. The molecule has 0 aliphatic rings. The minimum atomic E-state index is 0.00390. The van der Waals surface area contributed by atoms with Crippen molar-refractivity contribution in [2.45, 2.75) is 110 Å². The van der Waals surface area contributed by atoms with Gasteiger partial charge in [-0.2, -0.15) is 0 Å². The zero-order chi connectivity index (χ0) is 18.6. The van der Waals surface area contributed by atoms with Crippen molar-refractivity contribution in [3.63, 3.8) is 0 Å². The van der Waals surface area contributed by atoms with Crippen LogP contribution in [0.15, 0.2) is 0 Å². The lowest BCUT2D eigenvalue weighted by molar-refractivity contribution is -0.143. The molecule has 150 valence electrons. The molecule has 0 aliphatic carbocycles. The number of hydrogen-bond donors (Lipinski definition) is 0. The Morgan fingerprint density at radius 3 is 1.72 bits per heavy atom. The number of ether oxygens (including phenoxy) is 1. The first-order valence-electron chi connectivity index (χ1n) is 11.0. The standard InChI is InChI=1S/C22H45NO2/c1-4-5-6-7-8-9-10-11-15-18-21-25-22(24)19-16-13-12-14-17-20-23(2)3/h4-21H2,1-3H3. The van der Waals surface area contributed by atoms with E-state index in [9.17, 15) is 4.79 Å². The summed E-state index contributed by atoms with van der Waals surface area (Å²) < 4.78 is 5.33. The van der Waals surface area contributed by atoms with Gasteiger partial charge in [0.15, 0.2) is 0 Å². The molecule has 25 heavy (non-hydrogen) atoms. The lowest BCUT2D eigenvalue weighted by Crippen LogP contribution is -2.12. The number of rotatable bonds is 19. The van der Waals surface area contributed by atoms with E-state index in [0.29, 0.717) is 13.0 Å². The molecule has 0 aromatic rings. The van der Waals surface area contributed by atoms with Gasteiger partial charge in [0, 0.05) is 6.42 Å². The van der Waals surface area contributed by atoms with Crippen LogP contribution >= 0.6 is 0 Å². The fraction of sp³-hybridized carbons (Fsp3) is 0.955. The Morgan fingerprint density at radius 1 is 0.680 bits per heavy atom. The normalized spacial score (nSPS) is 11.2. The average molecular weight is 356 g/mol. The van der Waals surface area contributed by atoms with Crippen molar-refractivity contribution in [3.8, 4) is 0 Å². The smallest absolute Gasteiger partial charge is 0.305 e. The molecule has 0 fully saturated rings. The highest BCUT2D eigenvalue weighted by Gasteiger charge is 2.02. The second-order valence-electron chi connectivity index (χ2n) is 7.72. The van der Waals surface area contributed by atoms with E-state index in [2.05, 4.69) is 25.9 Å². The van der Waals surface area contributed by atoms with Crippen molar-refractivity contribution in [3.05, 3.63) is 0 Å². The van der Waals surface area contributed by atoms with E-state index in [4.69, 9.17) is 4.74 Å². The second-order valence-corrected chi connectivity index (χ2v) is 7.72. The van der Waals surface area contributed by atoms with Crippen molar-refractivity contribution in [2.24, 2.45) is 0 Å². The van der Waals surface area contributed by atoms with Gasteiger partial charge in [-0.3, -0.25) is 4.79 Å². The van der Waals surface area contributed by atoms with Gasteiger partial charge in [0.2, 0.25) is 0 Å². The van der Waals surface area contributed by atoms with Crippen LogP contribution in [0.25, 0.3) is 0 Å². The molecule has 0 amide bonds. The first-order valence-corrected chi connectivity index (χ1v) is 11.0. The zero-order valence-corrected chi connectivity index (χ0v) is 17.5. The molecule has 0 aromatic heterocycles. The Balaban J connectivity index is 3.15. The minimum absolute atomic E-state index is 0.00390. The minimum Gasteiger partial charge on any atom is -0.466 e.